The molecule has 0 radical (unpaired) electrons. The quantitative estimate of drug-likeness (QED) is 0.145. The zero-order chi connectivity index (χ0) is 40.9. The van der Waals surface area contributed by atoms with Crippen LogP contribution in [-0.4, -0.2) is 9.55 Å². The van der Waals surface area contributed by atoms with Crippen LogP contribution in [0.1, 0.15) is 36.2 Å². The number of nitrogens with zero attached hydrogens (tertiary/aromatic N) is 3. The van der Waals surface area contributed by atoms with Crippen molar-refractivity contribution in [2.24, 2.45) is 0 Å². The zero-order valence-corrected chi connectivity index (χ0v) is 34.5. The summed E-state index contributed by atoms with van der Waals surface area (Å²) in [4.78, 5) is 7.51. The SMILES string of the molecule is CC1(C)c2ncccc2-n2c3ccc(CCc4ccc(-c5ccccc5)cc4)cc3c3cc(N(c4ccc(-c5ccccc5)cc4)c4ccc(-c5ccccc5)cc4)cc1c32. The Kier molecular flexibility index (Phi) is 8.97. The van der Waals surface area contributed by atoms with E-state index in [0.717, 1.165) is 41.3 Å². The highest BCUT2D eigenvalue weighted by Crippen LogP contribution is 2.50. The minimum absolute atomic E-state index is 0.343. The van der Waals surface area contributed by atoms with Gasteiger partial charge in [-0.15, -0.1) is 0 Å². The number of anilines is 3. The van der Waals surface area contributed by atoms with Gasteiger partial charge in [-0.05, 0) is 137 Å². The molecule has 1 aliphatic heterocycles. The molecule has 0 atom stereocenters. The summed E-state index contributed by atoms with van der Waals surface area (Å²) in [5.74, 6) is 0. The lowest BCUT2D eigenvalue weighted by molar-refractivity contribution is 0.606. The Morgan fingerprint density at radius 1 is 0.443 bits per heavy atom. The van der Waals surface area contributed by atoms with Crippen molar-refractivity contribution in [1.82, 2.24) is 9.55 Å². The monoisotopic (exact) mass is 783 g/mol. The summed E-state index contributed by atoms with van der Waals surface area (Å²) in [6.45, 7) is 4.67. The molecular formula is C58H45N3. The van der Waals surface area contributed by atoms with E-state index in [1.807, 2.05) is 6.20 Å². The maximum atomic E-state index is 5.08. The Morgan fingerprint density at radius 3 is 1.49 bits per heavy atom. The van der Waals surface area contributed by atoms with Crippen molar-refractivity contribution in [2.45, 2.75) is 32.1 Å². The summed E-state index contributed by atoms with van der Waals surface area (Å²) in [6, 6.07) is 75.2. The van der Waals surface area contributed by atoms with Gasteiger partial charge in [0.1, 0.15) is 0 Å². The summed E-state index contributed by atoms with van der Waals surface area (Å²) in [5.41, 5.74) is 19.0. The molecule has 0 saturated carbocycles. The van der Waals surface area contributed by atoms with Gasteiger partial charge in [0.05, 0.1) is 22.4 Å². The predicted octanol–water partition coefficient (Wildman–Crippen LogP) is 15.1. The van der Waals surface area contributed by atoms with Crippen LogP contribution >= 0.6 is 0 Å². The second-order valence-corrected chi connectivity index (χ2v) is 16.8. The summed E-state index contributed by atoms with van der Waals surface area (Å²) < 4.78 is 2.47. The van der Waals surface area contributed by atoms with Gasteiger partial charge < -0.3 is 9.47 Å². The molecule has 61 heavy (non-hydrogen) atoms. The molecule has 3 nitrogen and oxygen atoms in total. The first kappa shape index (κ1) is 36.6. The van der Waals surface area contributed by atoms with Crippen molar-refractivity contribution in [2.75, 3.05) is 4.90 Å². The summed E-state index contributed by atoms with van der Waals surface area (Å²) in [5, 5.41) is 2.52. The lowest BCUT2D eigenvalue weighted by atomic mass is 9.77. The first-order valence-corrected chi connectivity index (χ1v) is 21.3. The Labute approximate surface area is 357 Å². The van der Waals surface area contributed by atoms with Gasteiger partial charge in [-0.25, -0.2) is 0 Å². The zero-order valence-electron chi connectivity index (χ0n) is 34.5. The van der Waals surface area contributed by atoms with E-state index >= 15 is 0 Å². The topological polar surface area (TPSA) is 21.1 Å². The largest absolute Gasteiger partial charge is 0.310 e. The molecule has 0 bridgehead atoms. The standard InChI is InChI=1S/C58H45N3/c1-58(2)53-39-50(60(48-31-27-46(28-32-48)43-15-8-4-9-16-43)49-33-29-47(30-34-49)44-17-10-5-11-18-44)38-52-51-37-41(21-20-40-22-25-45(26-23-40)42-13-6-3-7-14-42)24-35-54(51)61(56(52)53)55-19-12-36-59-57(55)58/h3-19,22-39H,20-21H2,1-2H3. The van der Waals surface area contributed by atoms with Gasteiger partial charge in [0.15, 0.2) is 0 Å². The summed E-state index contributed by atoms with van der Waals surface area (Å²) >= 11 is 0. The molecule has 0 N–H and O–H groups in total. The fraction of sp³-hybridized carbons (Fsp3) is 0.0862. The van der Waals surface area contributed by atoms with Gasteiger partial charge in [0.2, 0.25) is 0 Å². The van der Waals surface area contributed by atoms with Gasteiger partial charge in [0.25, 0.3) is 0 Å². The molecule has 0 fully saturated rings. The van der Waals surface area contributed by atoms with Crippen LogP contribution in [0.3, 0.4) is 0 Å². The highest BCUT2D eigenvalue weighted by molar-refractivity contribution is 6.13. The molecule has 3 heteroatoms. The van der Waals surface area contributed by atoms with E-state index in [9.17, 15) is 0 Å². The lowest BCUT2D eigenvalue weighted by Gasteiger charge is -2.35. The molecule has 0 spiro atoms. The number of aryl methyl sites for hydroxylation is 2. The highest BCUT2D eigenvalue weighted by atomic mass is 15.1. The second-order valence-electron chi connectivity index (χ2n) is 16.8. The van der Waals surface area contributed by atoms with Gasteiger partial charge in [-0.2, -0.15) is 0 Å². The lowest BCUT2D eigenvalue weighted by Crippen LogP contribution is -2.28. The Hall–Kier alpha value is -7.49. The number of rotatable bonds is 9. The summed E-state index contributed by atoms with van der Waals surface area (Å²) in [6.07, 6.45) is 3.87. The molecule has 0 saturated heterocycles. The van der Waals surface area contributed by atoms with Gasteiger partial charge in [0, 0.05) is 39.4 Å². The molecule has 0 amide bonds. The molecule has 11 rings (SSSR count). The molecular weight excluding hydrogens is 739 g/mol. The van der Waals surface area contributed by atoms with E-state index < -0.39 is 0 Å². The fourth-order valence-electron chi connectivity index (χ4n) is 9.47. The molecule has 10 aromatic rings. The van der Waals surface area contributed by atoms with Crippen molar-refractivity contribution in [1.29, 1.82) is 0 Å². The average Bonchev–Trinajstić information content (AvgIpc) is 3.65. The van der Waals surface area contributed by atoms with Crippen LogP contribution in [0.5, 0.6) is 0 Å². The average molecular weight is 784 g/mol. The number of aromatic nitrogens is 2. The van der Waals surface area contributed by atoms with Crippen molar-refractivity contribution < 1.29 is 0 Å². The van der Waals surface area contributed by atoms with E-state index in [1.54, 1.807) is 0 Å². The van der Waals surface area contributed by atoms with Crippen molar-refractivity contribution >= 4 is 38.9 Å². The minimum atomic E-state index is -0.343. The van der Waals surface area contributed by atoms with Crippen LogP contribution in [0.15, 0.2) is 212 Å². The number of benzene rings is 8. The highest BCUT2D eigenvalue weighted by Gasteiger charge is 2.37. The van der Waals surface area contributed by atoms with Crippen LogP contribution in [-0.2, 0) is 18.3 Å². The first-order chi connectivity index (χ1) is 30.0. The normalized spacial score (nSPS) is 12.7. The molecule has 292 valence electrons. The summed E-state index contributed by atoms with van der Waals surface area (Å²) in [7, 11) is 0. The minimum Gasteiger partial charge on any atom is -0.310 e. The predicted molar refractivity (Wildman–Crippen MR) is 256 cm³/mol. The third-order valence-electron chi connectivity index (χ3n) is 12.7. The molecule has 1 aliphatic rings. The van der Waals surface area contributed by atoms with Gasteiger partial charge in [-0.1, -0.05) is 146 Å². The van der Waals surface area contributed by atoms with Crippen LogP contribution in [0.2, 0.25) is 0 Å². The van der Waals surface area contributed by atoms with E-state index in [-0.39, 0.29) is 5.41 Å². The molecule has 2 aromatic heterocycles. The molecule has 0 unspecified atom stereocenters. The van der Waals surface area contributed by atoms with Crippen molar-refractivity contribution in [3.05, 3.63) is 235 Å². The van der Waals surface area contributed by atoms with E-state index in [1.165, 1.54) is 71.9 Å². The van der Waals surface area contributed by atoms with E-state index in [0.29, 0.717) is 0 Å². The molecule has 3 heterocycles. The van der Waals surface area contributed by atoms with Crippen LogP contribution in [0, 0.1) is 0 Å². The molecule has 8 aromatic carbocycles. The fourth-order valence-corrected chi connectivity index (χ4v) is 9.47. The van der Waals surface area contributed by atoms with Crippen molar-refractivity contribution in [3.8, 4) is 39.1 Å². The third kappa shape index (κ3) is 6.50. The number of hydrogen-bond acceptors (Lipinski definition) is 2. The van der Waals surface area contributed by atoms with Crippen LogP contribution in [0.25, 0.3) is 60.9 Å². The van der Waals surface area contributed by atoms with Crippen LogP contribution < -0.4 is 4.90 Å². The number of hydrogen-bond donors (Lipinski definition) is 0. The van der Waals surface area contributed by atoms with E-state index in [4.69, 9.17) is 4.98 Å². The maximum absolute atomic E-state index is 5.08. The first-order valence-electron chi connectivity index (χ1n) is 21.3. The Balaban J connectivity index is 1.06. The number of pyridine rings is 1. The van der Waals surface area contributed by atoms with E-state index in [2.05, 4.69) is 230 Å². The Bertz CT molecular complexity index is 3080. The van der Waals surface area contributed by atoms with Crippen molar-refractivity contribution in [3.63, 3.8) is 0 Å². The van der Waals surface area contributed by atoms with Gasteiger partial charge >= 0.3 is 0 Å². The Morgan fingerprint density at radius 2 is 0.934 bits per heavy atom. The second kappa shape index (κ2) is 15.0. The maximum Gasteiger partial charge on any atom is 0.0744 e. The van der Waals surface area contributed by atoms with Gasteiger partial charge in [-0.3, -0.25) is 4.98 Å². The molecule has 0 aliphatic carbocycles. The smallest absolute Gasteiger partial charge is 0.0744 e. The third-order valence-corrected chi connectivity index (χ3v) is 12.7. The number of fused-ring (bicyclic) bond motifs is 5. The van der Waals surface area contributed by atoms with Crippen LogP contribution in [0.4, 0.5) is 17.1 Å².